The number of rotatable bonds is 0. The van der Waals surface area contributed by atoms with Crippen LogP contribution in [0.2, 0.25) is 0 Å². The van der Waals surface area contributed by atoms with Crippen LogP contribution in [0.3, 0.4) is 0 Å². The second-order valence-corrected chi connectivity index (χ2v) is 0. The maximum atomic E-state index is 4.09. The fourth-order valence-electron chi connectivity index (χ4n) is 0. The summed E-state index contributed by atoms with van der Waals surface area (Å²) in [5.74, 6) is 0. The monoisotopic (exact) mass is 219 g/mol. The van der Waals surface area contributed by atoms with E-state index in [-0.39, 0.29) is 0 Å². The molecular weight excluding hydrogens is 218 g/mol. The van der Waals surface area contributed by atoms with Gasteiger partial charge in [-0.2, -0.15) is 0 Å². The summed E-state index contributed by atoms with van der Waals surface area (Å²) in [5.41, 5.74) is 0. The Kier molecular flexibility index (Phi) is 49.0. The standard InChI is InChI=1S/Mo.Ni.P.S. The summed E-state index contributed by atoms with van der Waals surface area (Å²) in [6.45, 7) is 0. The van der Waals surface area contributed by atoms with Crippen molar-refractivity contribution >= 4 is 17.2 Å². The predicted molar refractivity (Wildman–Crippen MR) is 14.5 cm³/mol. The molecule has 0 aromatic carbocycles. The number of hydrogen-bond acceptors (Lipinski definition) is 1. The van der Waals surface area contributed by atoms with E-state index in [2.05, 4.69) is 31.5 Å². The first-order chi connectivity index (χ1) is 2.00. The molecule has 4 heteroatoms. The van der Waals surface area contributed by atoms with Crippen molar-refractivity contribution < 1.29 is 32.3 Å². The molecule has 0 unspecified atom stereocenters. The van der Waals surface area contributed by atoms with Gasteiger partial charge in [-0.15, -0.1) is 0 Å². The van der Waals surface area contributed by atoms with Crippen molar-refractivity contribution in [3.63, 3.8) is 0 Å². The summed E-state index contributed by atoms with van der Waals surface area (Å²) >= 11 is 5.10. The Hall–Kier alpha value is 1.83. The van der Waals surface area contributed by atoms with Gasteiger partial charge >= 0.3 is 49.5 Å². The van der Waals surface area contributed by atoms with Crippen LogP contribution >= 0.6 is 17.2 Å². The van der Waals surface area contributed by atoms with Crippen LogP contribution in [0.25, 0.3) is 0 Å². The maximum absolute atomic E-state index is 4.09. The molecule has 0 nitrogen and oxygen atoms in total. The van der Waals surface area contributed by atoms with Crippen LogP contribution in [0.1, 0.15) is 0 Å². The third kappa shape index (κ3) is 9.16. The van der Waals surface area contributed by atoms with Gasteiger partial charge in [0.1, 0.15) is 0 Å². The first-order valence-electron chi connectivity index (χ1n) is 0.308. The van der Waals surface area contributed by atoms with Crippen molar-refractivity contribution in [3.8, 4) is 0 Å². The van der Waals surface area contributed by atoms with E-state index in [1.54, 1.807) is 0 Å². The quantitative estimate of drug-likeness (QED) is 0.438. The Morgan fingerprint density at radius 1 is 1.50 bits per heavy atom. The molecule has 0 radical (unpaired) electrons. The zero-order chi connectivity index (χ0) is 4.00. The molecule has 0 N–H and O–H groups in total. The molecule has 0 fully saturated rings. The molecule has 0 saturated heterocycles. The summed E-state index contributed by atoms with van der Waals surface area (Å²) in [5, 5.41) is 0. The van der Waals surface area contributed by atoms with Crippen LogP contribution in [0.5, 0.6) is 0 Å². The van der Waals surface area contributed by atoms with E-state index in [1.165, 1.54) is 18.0 Å². The zero-order valence-corrected chi connectivity index (χ0v) is 6.29. The Morgan fingerprint density at radius 2 is 1.50 bits per heavy atom. The molecule has 4 heavy (non-hydrogen) atoms. The van der Waals surface area contributed by atoms with E-state index in [0.29, 0.717) is 0 Å². The van der Waals surface area contributed by atoms with Crippen molar-refractivity contribution in [1.82, 2.24) is 0 Å². The second kappa shape index (κ2) is 21.1. The molecule has 0 spiro atoms. The van der Waals surface area contributed by atoms with Crippen molar-refractivity contribution in [3.05, 3.63) is 0 Å². The molecule has 0 aliphatic heterocycles. The van der Waals surface area contributed by atoms with Gasteiger partial charge in [0.2, 0.25) is 0 Å². The molecule has 0 saturated carbocycles. The Labute approximate surface area is 49.3 Å². The Bertz CT molecular complexity index is 19.2. The average molecular weight is 218 g/mol. The van der Waals surface area contributed by atoms with Crippen LogP contribution in [0.15, 0.2) is 0 Å². The van der Waals surface area contributed by atoms with E-state index >= 15 is 0 Å². The molecule has 0 bridgehead atoms. The van der Waals surface area contributed by atoms with Crippen LogP contribution in [-0.2, 0) is 32.3 Å². The summed E-state index contributed by atoms with van der Waals surface area (Å²) in [7, 11) is 7.25. The normalized spacial score (nSPS) is 2.00. The van der Waals surface area contributed by atoms with Gasteiger partial charge in [0.25, 0.3) is 0 Å². The topological polar surface area (TPSA) is 0 Å². The van der Waals surface area contributed by atoms with Gasteiger partial charge in [0.15, 0.2) is 0 Å². The van der Waals surface area contributed by atoms with Crippen LogP contribution in [0.4, 0.5) is 0 Å². The van der Waals surface area contributed by atoms with Crippen molar-refractivity contribution in [2.75, 3.05) is 0 Å². The van der Waals surface area contributed by atoms with Crippen LogP contribution in [0, 0.1) is 0 Å². The summed E-state index contributed by atoms with van der Waals surface area (Å²) in [6, 6.07) is 0. The third-order valence-corrected chi connectivity index (χ3v) is 0. The van der Waals surface area contributed by atoms with E-state index in [1.807, 2.05) is 0 Å². The average Bonchev–Trinajstić information content (AvgIpc) is 1.50. The predicted octanol–water partition coefficient (Wildman–Crippen LogP) is 1.50. The van der Waals surface area contributed by atoms with Crippen LogP contribution < -0.4 is 0 Å². The minimum atomic E-state index is 1.53. The van der Waals surface area contributed by atoms with Gasteiger partial charge in [-0.1, -0.05) is 0 Å². The van der Waals surface area contributed by atoms with Gasteiger partial charge in [-0.3, -0.25) is 0 Å². The van der Waals surface area contributed by atoms with E-state index in [0.717, 1.165) is 0 Å². The molecule has 0 aromatic heterocycles. The van der Waals surface area contributed by atoms with Gasteiger partial charge in [-0.05, 0) is 0 Å². The Morgan fingerprint density at radius 3 is 1.50 bits per heavy atom. The molecule has 0 aliphatic rings. The molecule has 0 rings (SSSR count). The first kappa shape index (κ1) is 9.27. The molecular formula is MoNiPS. The van der Waals surface area contributed by atoms with Gasteiger partial charge in [0.05, 0.1) is 0 Å². The zero-order valence-electron chi connectivity index (χ0n) is 1.58. The van der Waals surface area contributed by atoms with Crippen molar-refractivity contribution in [2.24, 2.45) is 0 Å². The van der Waals surface area contributed by atoms with Gasteiger partial charge in [-0.25, -0.2) is 0 Å². The SMILES string of the molecule is [P]#[Ni].[S]=[Mo]. The summed E-state index contributed by atoms with van der Waals surface area (Å²) in [4.78, 5) is 0. The molecule has 0 aromatic rings. The fourth-order valence-corrected chi connectivity index (χ4v) is 0. The summed E-state index contributed by atoms with van der Waals surface area (Å²) < 4.78 is 0. The van der Waals surface area contributed by atoms with E-state index in [9.17, 15) is 0 Å². The summed E-state index contributed by atoms with van der Waals surface area (Å²) in [6.07, 6.45) is 0. The number of hydrogen-bond donors (Lipinski definition) is 0. The van der Waals surface area contributed by atoms with E-state index < -0.39 is 0 Å². The fraction of sp³-hybridized carbons (Fsp3) is 0. The van der Waals surface area contributed by atoms with Gasteiger partial charge in [0, 0.05) is 0 Å². The van der Waals surface area contributed by atoms with E-state index in [4.69, 9.17) is 0 Å². The van der Waals surface area contributed by atoms with Crippen LogP contribution in [-0.4, -0.2) is 0 Å². The van der Waals surface area contributed by atoms with Crippen molar-refractivity contribution in [1.29, 1.82) is 0 Å². The molecule has 27 valence electrons. The first-order valence-corrected chi connectivity index (χ1v) is 4.71. The Balaban J connectivity index is 0. The molecule has 0 amide bonds. The second-order valence-electron chi connectivity index (χ2n) is 0. The molecule has 0 heterocycles. The molecule has 0 aliphatic carbocycles. The van der Waals surface area contributed by atoms with Gasteiger partial charge < -0.3 is 0 Å². The minimum absolute atomic E-state index is 1.53. The molecule has 0 atom stereocenters. The van der Waals surface area contributed by atoms with Crippen molar-refractivity contribution in [2.45, 2.75) is 0 Å². The third-order valence-electron chi connectivity index (χ3n) is 0.